The van der Waals surface area contributed by atoms with Crippen molar-refractivity contribution in [3.8, 4) is 5.75 Å². The summed E-state index contributed by atoms with van der Waals surface area (Å²) in [5.74, 6) is 1.45. The number of rotatable bonds is 3. The zero-order valence-electron chi connectivity index (χ0n) is 10.9. The Hall–Kier alpha value is -2.10. The number of hydrogen-bond acceptors (Lipinski definition) is 4. The molecule has 0 atom stereocenters. The molecule has 94 valence electrons. The van der Waals surface area contributed by atoms with Gasteiger partial charge in [-0.3, -0.25) is 4.98 Å². The molecule has 0 aliphatic heterocycles. The largest absolute Gasteiger partial charge is 0.496 e. The zero-order valence-corrected chi connectivity index (χ0v) is 10.9. The third kappa shape index (κ3) is 2.27. The summed E-state index contributed by atoms with van der Waals surface area (Å²) in [5, 5.41) is 0. The van der Waals surface area contributed by atoms with Gasteiger partial charge in [-0.15, -0.1) is 0 Å². The van der Waals surface area contributed by atoms with E-state index in [1.807, 2.05) is 32.2 Å². The number of ether oxygens (including phenoxy) is 1. The fourth-order valence-electron chi connectivity index (χ4n) is 2.03. The number of aryl methyl sites for hydroxylation is 1. The molecule has 0 aliphatic rings. The van der Waals surface area contributed by atoms with Crippen molar-refractivity contribution in [3.63, 3.8) is 0 Å². The van der Waals surface area contributed by atoms with Crippen LogP contribution in [0.1, 0.15) is 22.4 Å². The highest BCUT2D eigenvalue weighted by molar-refractivity contribution is 5.46. The number of methoxy groups -OCH3 is 1. The predicted octanol–water partition coefficient (Wildman–Crippen LogP) is 2.28. The van der Waals surface area contributed by atoms with E-state index >= 15 is 0 Å². The molecule has 2 rings (SSSR count). The highest BCUT2D eigenvalue weighted by atomic mass is 16.5. The first-order valence-electron chi connectivity index (χ1n) is 5.82. The highest BCUT2D eigenvalue weighted by Crippen LogP contribution is 2.26. The van der Waals surface area contributed by atoms with Crippen LogP contribution in [-0.2, 0) is 6.42 Å². The first-order valence-corrected chi connectivity index (χ1v) is 5.82. The van der Waals surface area contributed by atoms with Crippen molar-refractivity contribution >= 4 is 5.82 Å². The quantitative estimate of drug-likeness (QED) is 0.898. The number of nitrogens with two attached hydrogens (primary N) is 1. The van der Waals surface area contributed by atoms with Crippen molar-refractivity contribution in [1.29, 1.82) is 0 Å². The molecule has 0 radical (unpaired) electrons. The molecule has 0 amide bonds. The monoisotopic (exact) mass is 243 g/mol. The number of pyridine rings is 2. The molecule has 0 fully saturated rings. The summed E-state index contributed by atoms with van der Waals surface area (Å²) >= 11 is 0. The Morgan fingerprint density at radius 2 is 2.06 bits per heavy atom. The first-order chi connectivity index (χ1) is 8.63. The van der Waals surface area contributed by atoms with Gasteiger partial charge in [0.05, 0.1) is 12.8 Å². The minimum absolute atomic E-state index is 0.554. The van der Waals surface area contributed by atoms with Gasteiger partial charge in [-0.25, -0.2) is 4.98 Å². The second-order valence-corrected chi connectivity index (χ2v) is 4.27. The smallest absolute Gasteiger partial charge is 0.128 e. The van der Waals surface area contributed by atoms with Crippen LogP contribution in [0.4, 0.5) is 5.82 Å². The van der Waals surface area contributed by atoms with Gasteiger partial charge in [0.1, 0.15) is 11.6 Å². The van der Waals surface area contributed by atoms with Gasteiger partial charge in [0, 0.05) is 35.5 Å². The Balaban J connectivity index is 2.39. The van der Waals surface area contributed by atoms with Crippen LogP contribution >= 0.6 is 0 Å². The maximum atomic E-state index is 5.85. The van der Waals surface area contributed by atoms with Crippen molar-refractivity contribution in [2.45, 2.75) is 20.3 Å². The summed E-state index contributed by atoms with van der Waals surface area (Å²) in [4.78, 5) is 8.54. The van der Waals surface area contributed by atoms with Gasteiger partial charge in [0.2, 0.25) is 0 Å². The van der Waals surface area contributed by atoms with Crippen LogP contribution in [0.2, 0.25) is 0 Å². The van der Waals surface area contributed by atoms with Crippen molar-refractivity contribution in [1.82, 2.24) is 9.97 Å². The average molecular weight is 243 g/mol. The molecule has 2 heterocycles. The van der Waals surface area contributed by atoms with E-state index in [1.54, 1.807) is 13.3 Å². The molecular weight excluding hydrogens is 226 g/mol. The average Bonchev–Trinajstić information content (AvgIpc) is 2.36. The van der Waals surface area contributed by atoms with E-state index in [2.05, 4.69) is 9.97 Å². The SMILES string of the molecule is COc1c(C)cnc(Cc2cccnc2N)c1C. The molecule has 0 saturated carbocycles. The maximum absolute atomic E-state index is 5.85. The lowest BCUT2D eigenvalue weighted by Gasteiger charge is -2.12. The number of nitrogen functional groups attached to an aromatic ring is 1. The molecule has 0 aliphatic carbocycles. The highest BCUT2D eigenvalue weighted by Gasteiger charge is 2.11. The molecule has 4 heteroatoms. The van der Waals surface area contributed by atoms with Crippen molar-refractivity contribution in [3.05, 3.63) is 46.9 Å². The topological polar surface area (TPSA) is 61.0 Å². The molecular formula is C14H17N3O. The van der Waals surface area contributed by atoms with E-state index in [0.717, 1.165) is 28.1 Å². The van der Waals surface area contributed by atoms with E-state index < -0.39 is 0 Å². The van der Waals surface area contributed by atoms with Crippen LogP contribution in [0.25, 0.3) is 0 Å². The Bertz CT molecular complexity index is 567. The molecule has 2 aromatic rings. The molecule has 18 heavy (non-hydrogen) atoms. The third-order valence-electron chi connectivity index (χ3n) is 3.03. The van der Waals surface area contributed by atoms with E-state index in [-0.39, 0.29) is 0 Å². The molecule has 2 aromatic heterocycles. The van der Waals surface area contributed by atoms with Crippen LogP contribution in [0.15, 0.2) is 24.5 Å². The summed E-state index contributed by atoms with van der Waals surface area (Å²) in [6.45, 7) is 4.00. The van der Waals surface area contributed by atoms with Gasteiger partial charge < -0.3 is 10.5 Å². The lowest BCUT2D eigenvalue weighted by atomic mass is 10.0. The van der Waals surface area contributed by atoms with Crippen LogP contribution in [0, 0.1) is 13.8 Å². The second-order valence-electron chi connectivity index (χ2n) is 4.27. The van der Waals surface area contributed by atoms with Gasteiger partial charge in [-0.05, 0) is 19.9 Å². The Kier molecular flexibility index (Phi) is 3.46. The van der Waals surface area contributed by atoms with Crippen LogP contribution < -0.4 is 10.5 Å². The predicted molar refractivity (Wildman–Crippen MR) is 71.7 cm³/mol. The lowest BCUT2D eigenvalue weighted by Crippen LogP contribution is -2.03. The Morgan fingerprint density at radius 3 is 2.72 bits per heavy atom. The molecule has 0 aromatic carbocycles. The fraction of sp³-hybridized carbons (Fsp3) is 0.286. The first kappa shape index (κ1) is 12.4. The minimum atomic E-state index is 0.554. The van der Waals surface area contributed by atoms with Gasteiger partial charge in [0.15, 0.2) is 0 Å². The molecule has 0 spiro atoms. The van der Waals surface area contributed by atoms with Gasteiger partial charge in [0.25, 0.3) is 0 Å². The standard InChI is InChI=1S/C14H17N3O/c1-9-8-17-12(10(2)13(9)18-3)7-11-5-4-6-16-14(11)15/h4-6,8H,7H2,1-3H3,(H2,15,16). The number of nitrogens with zero attached hydrogens (tertiary/aromatic N) is 2. The van der Waals surface area contributed by atoms with E-state index in [9.17, 15) is 0 Å². The fourth-order valence-corrected chi connectivity index (χ4v) is 2.03. The van der Waals surface area contributed by atoms with Gasteiger partial charge >= 0.3 is 0 Å². The Morgan fingerprint density at radius 1 is 1.28 bits per heavy atom. The lowest BCUT2D eigenvalue weighted by molar-refractivity contribution is 0.407. The number of anilines is 1. The van der Waals surface area contributed by atoms with Gasteiger partial charge in [-0.2, -0.15) is 0 Å². The van der Waals surface area contributed by atoms with Crippen LogP contribution in [-0.4, -0.2) is 17.1 Å². The Labute approximate surface area is 107 Å². The molecule has 0 saturated heterocycles. The molecule has 2 N–H and O–H groups in total. The van der Waals surface area contributed by atoms with Crippen molar-refractivity contribution in [2.75, 3.05) is 12.8 Å². The van der Waals surface area contributed by atoms with E-state index in [4.69, 9.17) is 10.5 Å². The van der Waals surface area contributed by atoms with Gasteiger partial charge in [-0.1, -0.05) is 6.07 Å². The molecule has 4 nitrogen and oxygen atoms in total. The van der Waals surface area contributed by atoms with Crippen molar-refractivity contribution < 1.29 is 4.74 Å². The third-order valence-corrected chi connectivity index (χ3v) is 3.03. The van der Waals surface area contributed by atoms with E-state index in [1.165, 1.54) is 0 Å². The minimum Gasteiger partial charge on any atom is -0.496 e. The van der Waals surface area contributed by atoms with Crippen LogP contribution in [0.5, 0.6) is 5.75 Å². The number of aromatic nitrogens is 2. The van der Waals surface area contributed by atoms with Crippen molar-refractivity contribution in [2.24, 2.45) is 0 Å². The summed E-state index contributed by atoms with van der Waals surface area (Å²) in [5.41, 5.74) is 9.90. The summed E-state index contributed by atoms with van der Waals surface area (Å²) in [7, 11) is 1.68. The van der Waals surface area contributed by atoms with Crippen LogP contribution in [0.3, 0.4) is 0 Å². The summed E-state index contributed by atoms with van der Waals surface area (Å²) < 4.78 is 5.40. The molecule has 0 bridgehead atoms. The number of hydrogen-bond donors (Lipinski definition) is 1. The summed E-state index contributed by atoms with van der Waals surface area (Å²) in [6.07, 6.45) is 4.19. The zero-order chi connectivity index (χ0) is 13.1. The normalized spacial score (nSPS) is 10.4. The maximum Gasteiger partial charge on any atom is 0.128 e. The molecule has 0 unspecified atom stereocenters. The van der Waals surface area contributed by atoms with E-state index in [0.29, 0.717) is 12.2 Å². The second kappa shape index (κ2) is 5.04. The summed E-state index contributed by atoms with van der Waals surface area (Å²) in [6, 6.07) is 3.85.